The van der Waals surface area contributed by atoms with Crippen LogP contribution in [0.3, 0.4) is 0 Å². The van der Waals surface area contributed by atoms with Crippen LogP contribution in [0, 0.1) is 5.92 Å². The third kappa shape index (κ3) is 2.06. The maximum Gasteiger partial charge on any atom is 0.0857 e. The van der Waals surface area contributed by atoms with Crippen LogP contribution in [-0.4, -0.2) is 9.59 Å². The standard InChI is InChI=1S/C11H19N3S/c1-11(2,3)10-9(15-14-13-10)8(12)7-5-4-6-7/h7-8H,4-6,12H2,1-3H3. The molecule has 3 nitrogen and oxygen atoms in total. The van der Waals surface area contributed by atoms with Gasteiger partial charge in [0.15, 0.2) is 0 Å². The molecule has 1 atom stereocenters. The van der Waals surface area contributed by atoms with Crippen molar-refractivity contribution in [3.05, 3.63) is 10.6 Å². The van der Waals surface area contributed by atoms with Crippen LogP contribution >= 0.6 is 11.5 Å². The van der Waals surface area contributed by atoms with Crippen LogP contribution in [0.4, 0.5) is 0 Å². The zero-order chi connectivity index (χ0) is 11.1. The molecule has 84 valence electrons. The first-order valence-electron chi connectivity index (χ1n) is 5.58. The lowest BCUT2D eigenvalue weighted by Gasteiger charge is -2.31. The Bertz CT molecular complexity index is 336. The molecule has 0 radical (unpaired) electrons. The Morgan fingerprint density at radius 2 is 2.07 bits per heavy atom. The van der Waals surface area contributed by atoms with E-state index in [2.05, 4.69) is 30.4 Å². The lowest BCUT2D eigenvalue weighted by molar-refractivity contribution is 0.264. The summed E-state index contributed by atoms with van der Waals surface area (Å²) in [7, 11) is 0. The number of nitrogens with two attached hydrogens (primary N) is 1. The van der Waals surface area contributed by atoms with Crippen molar-refractivity contribution in [3.8, 4) is 0 Å². The van der Waals surface area contributed by atoms with Crippen LogP contribution in [0.2, 0.25) is 0 Å². The number of aromatic nitrogens is 2. The van der Waals surface area contributed by atoms with Crippen LogP contribution in [0.15, 0.2) is 0 Å². The predicted molar refractivity (Wildman–Crippen MR) is 62.9 cm³/mol. The van der Waals surface area contributed by atoms with E-state index in [0.717, 1.165) is 5.69 Å². The molecule has 4 heteroatoms. The van der Waals surface area contributed by atoms with Crippen molar-refractivity contribution >= 4 is 11.5 Å². The quantitative estimate of drug-likeness (QED) is 0.841. The molecule has 0 saturated heterocycles. The Balaban J connectivity index is 2.23. The minimum Gasteiger partial charge on any atom is -0.323 e. The molecule has 1 aromatic heterocycles. The van der Waals surface area contributed by atoms with Crippen molar-refractivity contribution in [2.75, 3.05) is 0 Å². The smallest absolute Gasteiger partial charge is 0.0857 e. The number of nitrogens with zero attached hydrogens (tertiary/aromatic N) is 2. The first kappa shape index (κ1) is 11.0. The van der Waals surface area contributed by atoms with E-state index in [0.29, 0.717) is 5.92 Å². The monoisotopic (exact) mass is 225 g/mol. The molecule has 2 N–H and O–H groups in total. The molecule has 0 aliphatic heterocycles. The summed E-state index contributed by atoms with van der Waals surface area (Å²) in [5, 5.41) is 4.24. The van der Waals surface area contributed by atoms with E-state index in [1.807, 2.05) is 0 Å². The molecule has 2 rings (SSSR count). The van der Waals surface area contributed by atoms with Crippen molar-refractivity contribution in [1.82, 2.24) is 9.59 Å². The lowest BCUT2D eigenvalue weighted by Crippen LogP contribution is -2.28. The van der Waals surface area contributed by atoms with Gasteiger partial charge in [0.25, 0.3) is 0 Å². The normalized spacial score (nSPS) is 20.0. The van der Waals surface area contributed by atoms with E-state index in [4.69, 9.17) is 5.73 Å². The second-order valence-corrected chi connectivity index (χ2v) is 6.24. The molecule has 15 heavy (non-hydrogen) atoms. The van der Waals surface area contributed by atoms with Crippen molar-refractivity contribution in [3.63, 3.8) is 0 Å². The average molecular weight is 225 g/mol. The molecule has 1 saturated carbocycles. The Hall–Kier alpha value is -0.480. The van der Waals surface area contributed by atoms with Crippen LogP contribution in [0.5, 0.6) is 0 Å². The fraction of sp³-hybridized carbons (Fsp3) is 0.818. The van der Waals surface area contributed by atoms with E-state index in [1.165, 1.54) is 35.7 Å². The minimum atomic E-state index is 0.0592. The minimum absolute atomic E-state index is 0.0592. The van der Waals surface area contributed by atoms with Gasteiger partial charge in [-0.05, 0) is 30.3 Å². The first-order valence-corrected chi connectivity index (χ1v) is 6.36. The highest BCUT2D eigenvalue weighted by atomic mass is 32.1. The molecular formula is C11H19N3S. The molecule has 1 fully saturated rings. The van der Waals surface area contributed by atoms with Gasteiger partial charge in [-0.15, -0.1) is 5.10 Å². The molecule has 0 aromatic carbocycles. The van der Waals surface area contributed by atoms with Gasteiger partial charge in [-0.2, -0.15) is 0 Å². The van der Waals surface area contributed by atoms with Gasteiger partial charge in [-0.3, -0.25) is 0 Å². The van der Waals surface area contributed by atoms with Crippen molar-refractivity contribution in [1.29, 1.82) is 0 Å². The second-order valence-electron chi connectivity index (χ2n) is 5.45. The summed E-state index contributed by atoms with van der Waals surface area (Å²) in [6, 6.07) is 0.160. The summed E-state index contributed by atoms with van der Waals surface area (Å²) in [5.41, 5.74) is 7.42. The van der Waals surface area contributed by atoms with Gasteiger partial charge in [0.2, 0.25) is 0 Å². The second kappa shape index (κ2) is 3.83. The van der Waals surface area contributed by atoms with Gasteiger partial charge in [0.1, 0.15) is 0 Å². The average Bonchev–Trinajstić information content (AvgIpc) is 2.45. The zero-order valence-corrected chi connectivity index (χ0v) is 10.5. The molecule has 1 aliphatic carbocycles. The molecule has 0 amide bonds. The Morgan fingerprint density at radius 1 is 1.40 bits per heavy atom. The summed E-state index contributed by atoms with van der Waals surface area (Å²) in [4.78, 5) is 1.20. The third-order valence-corrected chi connectivity index (χ3v) is 4.01. The van der Waals surface area contributed by atoms with E-state index in [1.54, 1.807) is 0 Å². The number of hydrogen-bond acceptors (Lipinski definition) is 4. The summed E-state index contributed by atoms with van der Waals surface area (Å²) in [6.45, 7) is 6.50. The number of hydrogen-bond donors (Lipinski definition) is 1. The fourth-order valence-corrected chi connectivity index (χ4v) is 2.91. The highest BCUT2D eigenvalue weighted by molar-refractivity contribution is 7.05. The van der Waals surface area contributed by atoms with E-state index < -0.39 is 0 Å². The van der Waals surface area contributed by atoms with Crippen LogP contribution in [0.1, 0.15) is 56.6 Å². The fourth-order valence-electron chi connectivity index (χ4n) is 1.95. The van der Waals surface area contributed by atoms with Gasteiger partial charge in [-0.25, -0.2) is 0 Å². The Morgan fingerprint density at radius 3 is 2.53 bits per heavy atom. The number of rotatable bonds is 2. The maximum atomic E-state index is 6.27. The summed E-state index contributed by atoms with van der Waals surface area (Å²) in [6.07, 6.45) is 3.86. The van der Waals surface area contributed by atoms with Crippen LogP contribution in [-0.2, 0) is 5.41 Å². The van der Waals surface area contributed by atoms with Crippen molar-refractivity contribution in [2.24, 2.45) is 11.7 Å². The molecular weight excluding hydrogens is 206 g/mol. The largest absolute Gasteiger partial charge is 0.323 e. The molecule has 1 aliphatic rings. The summed E-state index contributed by atoms with van der Waals surface area (Å²) in [5.74, 6) is 0.661. The summed E-state index contributed by atoms with van der Waals surface area (Å²) < 4.78 is 4.06. The topological polar surface area (TPSA) is 51.8 Å². The van der Waals surface area contributed by atoms with Gasteiger partial charge in [0, 0.05) is 11.5 Å². The molecule has 1 aromatic rings. The summed E-state index contributed by atoms with van der Waals surface area (Å²) >= 11 is 1.48. The SMILES string of the molecule is CC(C)(C)c1nnsc1C(N)C1CCC1. The van der Waals surface area contributed by atoms with Crippen LogP contribution < -0.4 is 5.73 Å². The van der Waals surface area contributed by atoms with Gasteiger partial charge in [-0.1, -0.05) is 31.7 Å². The third-order valence-electron chi connectivity index (χ3n) is 3.18. The van der Waals surface area contributed by atoms with Crippen molar-refractivity contribution < 1.29 is 0 Å². The van der Waals surface area contributed by atoms with E-state index in [-0.39, 0.29) is 11.5 Å². The van der Waals surface area contributed by atoms with Crippen LogP contribution in [0.25, 0.3) is 0 Å². The molecule has 0 bridgehead atoms. The lowest BCUT2D eigenvalue weighted by atomic mass is 9.78. The highest BCUT2D eigenvalue weighted by Gasteiger charge is 2.32. The Labute approximate surface area is 95.2 Å². The van der Waals surface area contributed by atoms with Crippen molar-refractivity contribution in [2.45, 2.75) is 51.5 Å². The van der Waals surface area contributed by atoms with E-state index >= 15 is 0 Å². The van der Waals surface area contributed by atoms with Gasteiger partial charge < -0.3 is 5.73 Å². The maximum absolute atomic E-state index is 6.27. The molecule has 1 unspecified atom stereocenters. The predicted octanol–water partition coefficient (Wildman–Crippen LogP) is 2.64. The Kier molecular flexibility index (Phi) is 2.81. The molecule has 1 heterocycles. The zero-order valence-electron chi connectivity index (χ0n) is 9.66. The van der Waals surface area contributed by atoms with Gasteiger partial charge >= 0.3 is 0 Å². The van der Waals surface area contributed by atoms with Gasteiger partial charge in [0.05, 0.1) is 10.6 Å². The van der Waals surface area contributed by atoms with E-state index in [9.17, 15) is 0 Å². The highest BCUT2D eigenvalue weighted by Crippen LogP contribution is 2.40. The molecule has 0 spiro atoms. The first-order chi connectivity index (χ1) is 7.00.